The van der Waals surface area contributed by atoms with Gasteiger partial charge in [0.2, 0.25) is 0 Å². The molecule has 3 nitrogen and oxygen atoms in total. The Morgan fingerprint density at radius 1 is 1.40 bits per heavy atom. The molecular weight excluding hydrogens is 389 g/mol. The molecule has 1 atom stereocenters. The van der Waals surface area contributed by atoms with Crippen molar-refractivity contribution in [2.45, 2.75) is 19.4 Å². The van der Waals surface area contributed by atoms with Crippen molar-refractivity contribution in [3.05, 3.63) is 37.3 Å². The minimum Gasteiger partial charge on any atom is -0.507 e. The largest absolute Gasteiger partial charge is 1.00 e. The Bertz CT molecular complexity index is 440. The Kier molecular flexibility index (Phi) is 11.3. The van der Waals surface area contributed by atoms with Gasteiger partial charge < -0.3 is 17.4 Å². The van der Waals surface area contributed by atoms with E-state index in [1.54, 1.807) is 17.8 Å². The van der Waals surface area contributed by atoms with Crippen LogP contribution in [-0.4, -0.2) is 47.0 Å². The summed E-state index contributed by atoms with van der Waals surface area (Å²) in [6.07, 6.45) is 1.17. The average molecular weight is 412 g/mol. The summed E-state index contributed by atoms with van der Waals surface area (Å²) in [5, 5.41) is 10.8. The van der Waals surface area contributed by atoms with Gasteiger partial charge in [0, 0.05) is 17.9 Å². The number of hydrogen-bond acceptors (Lipinski definition) is 4. The molecule has 0 fully saturated rings. The summed E-state index contributed by atoms with van der Waals surface area (Å²) in [5.41, 5.74) is 0.864. The predicted molar refractivity (Wildman–Crippen MR) is 85.1 cm³/mol. The van der Waals surface area contributed by atoms with E-state index >= 15 is 0 Å². The van der Waals surface area contributed by atoms with E-state index in [9.17, 15) is 5.11 Å². The zero-order valence-corrected chi connectivity index (χ0v) is 20.1. The number of rotatable bonds is 5. The van der Waals surface area contributed by atoms with Gasteiger partial charge in [0.15, 0.2) is 0 Å². The van der Waals surface area contributed by atoms with Crippen LogP contribution in [0.1, 0.15) is 18.9 Å². The van der Waals surface area contributed by atoms with Crippen molar-refractivity contribution in [3.8, 4) is 5.75 Å². The monoisotopic (exact) mass is 412 g/mol. The molecule has 1 aliphatic heterocycles. The maximum Gasteiger partial charge on any atom is 1.00 e. The molecule has 1 aromatic rings. The molecular formula is C15H23CsN2OS. The summed E-state index contributed by atoms with van der Waals surface area (Å²) >= 11 is 1.74. The van der Waals surface area contributed by atoms with Crippen molar-refractivity contribution >= 4 is 16.8 Å². The molecule has 1 aromatic carbocycles. The van der Waals surface area contributed by atoms with E-state index in [0.29, 0.717) is 11.8 Å². The fraction of sp³-hybridized carbons (Fsp3) is 0.467. The topological polar surface area (TPSA) is 35.8 Å². The summed E-state index contributed by atoms with van der Waals surface area (Å²) in [4.78, 5) is 7.04. The molecule has 106 valence electrons. The van der Waals surface area contributed by atoms with E-state index in [2.05, 4.69) is 18.9 Å². The van der Waals surface area contributed by atoms with E-state index in [0.717, 1.165) is 29.4 Å². The molecule has 0 saturated carbocycles. The zero-order chi connectivity index (χ0) is 13.0. The van der Waals surface area contributed by atoms with Crippen LogP contribution >= 0.6 is 11.8 Å². The Balaban J connectivity index is 0.00000180. The summed E-state index contributed by atoms with van der Waals surface area (Å²) in [6, 6.07) is 7.77. The Morgan fingerprint density at radius 3 is 2.75 bits per heavy atom. The van der Waals surface area contributed by atoms with E-state index < -0.39 is 0 Å². The second kappa shape index (κ2) is 10.7. The van der Waals surface area contributed by atoms with Crippen LogP contribution < -0.4 is 68.9 Å². The number of aliphatic imine (C=N–C) groups is 1. The van der Waals surface area contributed by atoms with E-state index in [4.69, 9.17) is 4.99 Å². The van der Waals surface area contributed by atoms with Crippen LogP contribution in [0.4, 0.5) is 0 Å². The van der Waals surface area contributed by atoms with Gasteiger partial charge in [-0.3, -0.25) is 4.99 Å². The zero-order valence-electron chi connectivity index (χ0n) is 13.0. The van der Waals surface area contributed by atoms with Crippen molar-refractivity contribution in [2.75, 3.05) is 25.9 Å². The number of phenolic OH excluding ortho intramolecular Hbond substituents is 1. The number of aromatic hydroxyl groups is 1. The van der Waals surface area contributed by atoms with Crippen molar-refractivity contribution in [1.82, 2.24) is 4.90 Å². The summed E-state index contributed by atoms with van der Waals surface area (Å²) in [7, 11) is 2.14. The molecule has 0 amide bonds. The van der Waals surface area contributed by atoms with Gasteiger partial charge in [0.05, 0.1) is 6.04 Å². The van der Waals surface area contributed by atoms with Gasteiger partial charge in [-0.25, -0.2) is 0 Å². The molecule has 0 aromatic heterocycles. The van der Waals surface area contributed by atoms with Crippen molar-refractivity contribution in [2.24, 2.45) is 4.99 Å². The number of hydrogen-bond donors (Lipinski definition) is 1. The van der Waals surface area contributed by atoms with E-state index in [1.807, 2.05) is 18.2 Å². The third kappa shape index (κ3) is 6.04. The van der Waals surface area contributed by atoms with Gasteiger partial charge in [-0.1, -0.05) is 19.1 Å². The Morgan fingerprint density at radius 2 is 2.10 bits per heavy atom. The summed E-state index contributed by atoms with van der Waals surface area (Å²) in [5.74, 6) is 1.34. The molecule has 1 aliphatic rings. The minimum atomic E-state index is 0. The SMILES string of the molecule is CCCN(C)C[C@H]1CSC(c2ccccc2O)=N1.[CH3-].[Cs+]. The minimum absolute atomic E-state index is 0. The molecule has 0 radical (unpaired) electrons. The van der Waals surface area contributed by atoms with Crippen molar-refractivity contribution in [1.29, 1.82) is 0 Å². The number of para-hydroxylation sites is 1. The molecule has 1 N–H and O–H groups in total. The first-order valence-corrected chi connectivity index (χ1v) is 7.36. The van der Waals surface area contributed by atoms with Crippen LogP contribution in [0, 0.1) is 7.43 Å². The Hall–Kier alpha value is 1.05. The molecule has 2 rings (SSSR count). The molecule has 20 heavy (non-hydrogen) atoms. The van der Waals surface area contributed by atoms with Crippen LogP contribution in [-0.2, 0) is 0 Å². The van der Waals surface area contributed by atoms with E-state index in [1.165, 1.54) is 6.42 Å². The van der Waals surface area contributed by atoms with E-state index in [-0.39, 0.29) is 76.3 Å². The van der Waals surface area contributed by atoms with Crippen LogP contribution in [0.15, 0.2) is 29.3 Å². The molecule has 0 spiro atoms. The van der Waals surface area contributed by atoms with Gasteiger partial charge >= 0.3 is 68.9 Å². The quantitative estimate of drug-likeness (QED) is 0.695. The van der Waals surface area contributed by atoms with Crippen LogP contribution in [0.2, 0.25) is 0 Å². The maximum absolute atomic E-state index is 9.82. The molecule has 1 heterocycles. The smallest absolute Gasteiger partial charge is 0.507 e. The van der Waals surface area contributed by atoms with Crippen molar-refractivity contribution in [3.63, 3.8) is 0 Å². The van der Waals surface area contributed by atoms with Crippen molar-refractivity contribution < 1.29 is 74.0 Å². The van der Waals surface area contributed by atoms with Crippen LogP contribution in [0.5, 0.6) is 5.75 Å². The van der Waals surface area contributed by atoms with Crippen LogP contribution in [0.25, 0.3) is 0 Å². The normalized spacial score (nSPS) is 17.4. The number of nitrogens with zero attached hydrogens (tertiary/aromatic N) is 2. The van der Waals surface area contributed by atoms with Gasteiger partial charge in [-0.15, -0.1) is 11.8 Å². The molecule has 0 bridgehead atoms. The third-order valence-electron chi connectivity index (χ3n) is 2.97. The van der Waals surface area contributed by atoms with Gasteiger partial charge in [-0.05, 0) is 32.1 Å². The number of thioether (sulfide) groups is 1. The number of likely N-dealkylation sites (N-methyl/N-ethyl adjacent to an activating group) is 1. The molecule has 5 heteroatoms. The van der Waals surface area contributed by atoms with Crippen LogP contribution in [0.3, 0.4) is 0 Å². The van der Waals surface area contributed by atoms with Gasteiger partial charge in [0.1, 0.15) is 10.8 Å². The fourth-order valence-electron chi connectivity index (χ4n) is 2.14. The second-order valence-electron chi connectivity index (χ2n) is 4.68. The standard InChI is InChI=1S/C14H20N2OS.CH3.Cs/c1-3-8-16(2)9-11-10-18-14(15-11)12-6-4-5-7-13(12)17;;/h4-7,11,17H,3,8-10H2,1-2H3;1H3;/q;-1;+1/t11-;;/m0../s1. The maximum atomic E-state index is 9.82. The molecule has 0 unspecified atom stereocenters. The second-order valence-corrected chi connectivity index (χ2v) is 5.69. The van der Waals surface area contributed by atoms with Gasteiger partial charge in [0.25, 0.3) is 0 Å². The first kappa shape index (κ1) is 21.1. The first-order chi connectivity index (χ1) is 8.70. The number of phenols is 1. The fourth-order valence-corrected chi connectivity index (χ4v) is 3.23. The Labute approximate surface area is 186 Å². The molecule has 0 saturated heterocycles. The summed E-state index contributed by atoms with van der Waals surface area (Å²) < 4.78 is 0. The van der Waals surface area contributed by atoms with Gasteiger partial charge in [-0.2, -0.15) is 0 Å². The number of benzene rings is 1. The average Bonchev–Trinajstić information content (AvgIpc) is 2.78. The third-order valence-corrected chi connectivity index (χ3v) is 4.12. The first-order valence-electron chi connectivity index (χ1n) is 6.38. The summed E-state index contributed by atoms with van der Waals surface area (Å²) in [6.45, 7) is 4.30. The molecule has 0 aliphatic carbocycles. The predicted octanol–water partition coefficient (Wildman–Crippen LogP) is 0.0503.